The molecule has 4 heteroatoms. The summed E-state index contributed by atoms with van der Waals surface area (Å²) in [5, 5.41) is 7.26. The Morgan fingerprint density at radius 2 is 2.17 bits per heavy atom. The normalized spacial score (nSPS) is 10.6. The number of hydrogen-bond donors (Lipinski definition) is 1. The van der Waals surface area contributed by atoms with Gasteiger partial charge >= 0.3 is 0 Å². The van der Waals surface area contributed by atoms with E-state index in [9.17, 15) is 0 Å². The highest BCUT2D eigenvalue weighted by atomic mass is 16.5. The third-order valence-corrected chi connectivity index (χ3v) is 2.74. The molecule has 0 aliphatic heterocycles. The highest BCUT2D eigenvalue weighted by Gasteiger charge is 2.11. The summed E-state index contributed by atoms with van der Waals surface area (Å²) < 4.78 is 10.7. The van der Waals surface area contributed by atoms with Crippen LogP contribution in [0.3, 0.4) is 0 Å². The molecule has 0 aliphatic rings. The zero-order chi connectivity index (χ0) is 13.0. The smallest absolute Gasteiger partial charge is 0.170 e. The maximum Gasteiger partial charge on any atom is 0.170 e. The molecule has 96 valence electrons. The van der Waals surface area contributed by atoms with Crippen LogP contribution in [0.25, 0.3) is 11.3 Å². The van der Waals surface area contributed by atoms with E-state index >= 15 is 0 Å². The van der Waals surface area contributed by atoms with E-state index in [1.807, 2.05) is 31.2 Å². The van der Waals surface area contributed by atoms with Gasteiger partial charge in [-0.25, -0.2) is 0 Å². The predicted octanol–water partition coefficient (Wildman–Crippen LogP) is 2.77. The summed E-state index contributed by atoms with van der Waals surface area (Å²) in [5.41, 5.74) is 3.00. The van der Waals surface area contributed by atoms with Gasteiger partial charge in [-0.15, -0.1) is 0 Å². The fourth-order valence-electron chi connectivity index (χ4n) is 1.79. The molecule has 1 N–H and O–H groups in total. The van der Waals surface area contributed by atoms with Gasteiger partial charge in [0.1, 0.15) is 5.75 Å². The Kier molecular flexibility index (Phi) is 3.99. The Hall–Kier alpha value is -1.81. The van der Waals surface area contributed by atoms with Crippen LogP contribution in [0.2, 0.25) is 0 Å². The molecule has 18 heavy (non-hydrogen) atoms. The molecule has 0 spiro atoms. The molecule has 0 unspecified atom stereocenters. The molecule has 1 aromatic heterocycles. The molecule has 0 atom stereocenters. The molecular weight excluding hydrogens is 228 g/mol. The van der Waals surface area contributed by atoms with Crippen LogP contribution in [0.4, 0.5) is 0 Å². The second kappa shape index (κ2) is 5.69. The standard InChI is InChI=1S/C14H18N2O2/c1-4-15-9-11-8-14(18-16-11)12-7-10(2)5-6-13(12)17-3/h5-8,15H,4,9H2,1-3H3. The molecule has 0 amide bonds. The first kappa shape index (κ1) is 12.6. The average molecular weight is 246 g/mol. The number of aryl methyl sites for hydroxylation is 1. The van der Waals surface area contributed by atoms with E-state index in [1.165, 1.54) is 0 Å². The molecule has 0 saturated carbocycles. The lowest BCUT2D eigenvalue weighted by atomic mass is 10.1. The van der Waals surface area contributed by atoms with Crippen molar-refractivity contribution in [2.24, 2.45) is 0 Å². The molecule has 4 nitrogen and oxygen atoms in total. The number of rotatable bonds is 5. The summed E-state index contributed by atoms with van der Waals surface area (Å²) in [6, 6.07) is 7.94. The molecule has 0 fully saturated rings. The Morgan fingerprint density at radius 1 is 1.33 bits per heavy atom. The first-order chi connectivity index (χ1) is 8.74. The second-order valence-corrected chi connectivity index (χ2v) is 4.17. The van der Waals surface area contributed by atoms with Crippen molar-refractivity contribution in [2.45, 2.75) is 20.4 Å². The minimum Gasteiger partial charge on any atom is -0.496 e. The summed E-state index contributed by atoms with van der Waals surface area (Å²) in [5.74, 6) is 1.54. The summed E-state index contributed by atoms with van der Waals surface area (Å²) >= 11 is 0. The van der Waals surface area contributed by atoms with Gasteiger partial charge in [-0.3, -0.25) is 0 Å². The summed E-state index contributed by atoms with van der Waals surface area (Å²) in [4.78, 5) is 0. The maximum absolute atomic E-state index is 5.38. The summed E-state index contributed by atoms with van der Waals surface area (Å²) in [6.45, 7) is 5.73. The third kappa shape index (κ3) is 2.71. The number of hydrogen-bond acceptors (Lipinski definition) is 4. The van der Waals surface area contributed by atoms with E-state index in [0.29, 0.717) is 6.54 Å². The van der Waals surface area contributed by atoms with Gasteiger partial charge in [-0.1, -0.05) is 23.7 Å². The minimum absolute atomic E-state index is 0.716. The summed E-state index contributed by atoms with van der Waals surface area (Å²) in [7, 11) is 1.66. The minimum atomic E-state index is 0.716. The van der Waals surface area contributed by atoms with E-state index < -0.39 is 0 Å². The number of benzene rings is 1. The molecule has 1 heterocycles. The largest absolute Gasteiger partial charge is 0.496 e. The van der Waals surface area contributed by atoms with Gasteiger partial charge in [0.2, 0.25) is 0 Å². The molecular formula is C14H18N2O2. The number of nitrogens with zero attached hydrogens (tertiary/aromatic N) is 1. The topological polar surface area (TPSA) is 47.3 Å². The van der Waals surface area contributed by atoms with Crippen molar-refractivity contribution in [1.82, 2.24) is 10.5 Å². The van der Waals surface area contributed by atoms with Crippen LogP contribution in [0.5, 0.6) is 5.75 Å². The fraction of sp³-hybridized carbons (Fsp3) is 0.357. The van der Waals surface area contributed by atoms with Crippen LogP contribution in [0, 0.1) is 6.92 Å². The van der Waals surface area contributed by atoms with E-state index in [1.54, 1.807) is 7.11 Å². The van der Waals surface area contributed by atoms with Gasteiger partial charge in [0, 0.05) is 12.6 Å². The van der Waals surface area contributed by atoms with Crippen molar-refractivity contribution in [3.63, 3.8) is 0 Å². The van der Waals surface area contributed by atoms with Crippen molar-refractivity contribution in [3.05, 3.63) is 35.5 Å². The number of nitrogens with one attached hydrogen (secondary N) is 1. The molecule has 0 aliphatic carbocycles. The average Bonchev–Trinajstić information content (AvgIpc) is 2.85. The molecule has 0 saturated heterocycles. The van der Waals surface area contributed by atoms with Crippen LogP contribution >= 0.6 is 0 Å². The van der Waals surface area contributed by atoms with Crippen molar-refractivity contribution >= 4 is 0 Å². The zero-order valence-corrected chi connectivity index (χ0v) is 11.0. The van der Waals surface area contributed by atoms with Gasteiger partial charge in [-0.2, -0.15) is 0 Å². The number of methoxy groups -OCH3 is 1. The first-order valence-corrected chi connectivity index (χ1v) is 6.06. The molecule has 1 aromatic carbocycles. The molecule has 0 bridgehead atoms. The van der Waals surface area contributed by atoms with E-state index in [-0.39, 0.29) is 0 Å². The Labute approximate surface area is 107 Å². The van der Waals surface area contributed by atoms with Crippen molar-refractivity contribution in [1.29, 1.82) is 0 Å². The van der Waals surface area contributed by atoms with Crippen LogP contribution < -0.4 is 10.1 Å². The lowest BCUT2D eigenvalue weighted by Crippen LogP contribution is -2.11. The second-order valence-electron chi connectivity index (χ2n) is 4.17. The highest BCUT2D eigenvalue weighted by molar-refractivity contribution is 5.66. The molecule has 0 radical (unpaired) electrons. The predicted molar refractivity (Wildman–Crippen MR) is 70.6 cm³/mol. The van der Waals surface area contributed by atoms with Gasteiger partial charge in [0.05, 0.1) is 18.4 Å². The SMILES string of the molecule is CCNCc1cc(-c2cc(C)ccc2OC)on1. The van der Waals surface area contributed by atoms with Crippen molar-refractivity contribution < 1.29 is 9.26 Å². The number of aromatic nitrogens is 1. The van der Waals surface area contributed by atoms with Gasteiger partial charge in [0.15, 0.2) is 5.76 Å². The molecule has 2 rings (SSSR count). The number of ether oxygens (including phenoxy) is 1. The van der Waals surface area contributed by atoms with E-state index in [2.05, 4.69) is 17.4 Å². The fourth-order valence-corrected chi connectivity index (χ4v) is 1.79. The maximum atomic E-state index is 5.38. The van der Waals surface area contributed by atoms with Crippen molar-refractivity contribution in [2.75, 3.05) is 13.7 Å². The first-order valence-electron chi connectivity index (χ1n) is 6.06. The van der Waals surface area contributed by atoms with Crippen LogP contribution in [-0.2, 0) is 6.54 Å². The molecule has 2 aromatic rings. The van der Waals surface area contributed by atoms with Crippen LogP contribution in [0.1, 0.15) is 18.2 Å². The van der Waals surface area contributed by atoms with Crippen molar-refractivity contribution in [3.8, 4) is 17.1 Å². The van der Waals surface area contributed by atoms with Crippen LogP contribution in [-0.4, -0.2) is 18.8 Å². The third-order valence-electron chi connectivity index (χ3n) is 2.74. The lowest BCUT2D eigenvalue weighted by molar-refractivity contribution is 0.402. The Balaban J connectivity index is 2.30. The Morgan fingerprint density at radius 3 is 2.89 bits per heavy atom. The summed E-state index contributed by atoms with van der Waals surface area (Å²) in [6.07, 6.45) is 0. The lowest BCUT2D eigenvalue weighted by Gasteiger charge is -2.05. The van der Waals surface area contributed by atoms with Gasteiger partial charge < -0.3 is 14.6 Å². The highest BCUT2D eigenvalue weighted by Crippen LogP contribution is 2.31. The Bertz CT molecular complexity index is 520. The van der Waals surface area contributed by atoms with Crippen LogP contribution in [0.15, 0.2) is 28.8 Å². The quantitative estimate of drug-likeness (QED) is 0.881. The van der Waals surface area contributed by atoms with Gasteiger partial charge in [0.25, 0.3) is 0 Å². The monoisotopic (exact) mass is 246 g/mol. The van der Waals surface area contributed by atoms with E-state index in [4.69, 9.17) is 9.26 Å². The van der Waals surface area contributed by atoms with Gasteiger partial charge in [-0.05, 0) is 25.6 Å². The van der Waals surface area contributed by atoms with E-state index in [0.717, 1.165) is 34.9 Å². The zero-order valence-electron chi connectivity index (χ0n) is 11.0.